The van der Waals surface area contributed by atoms with Gasteiger partial charge in [0.25, 0.3) is 0 Å². The zero-order chi connectivity index (χ0) is 10.6. The van der Waals surface area contributed by atoms with Crippen molar-refractivity contribution in [1.82, 2.24) is 4.90 Å². The summed E-state index contributed by atoms with van der Waals surface area (Å²) in [4.78, 5) is 2.36. The average Bonchev–Trinajstić information content (AvgIpc) is 2.53. The van der Waals surface area contributed by atoms with Gasteiger partial charge < -0.3 is 9.84 Å². The Morgan fingerprint density at radius 1 is 1.50 bits per heavy atom. The largest absolute Gasteiger partial charge is 0.392 e. The summed E-state index contributed by atoms with van der Waals surface area (Å²) in [5, 5.41) is 9.79. The zero-order valence-corrected chi connectivity index (χ0v) is 9.57. The van der Waals surface area contributed by atoms with E-state index in [4.69, 9.17) is 4.74 Å². The lowest BCUT2D eigenvalue weighted by molar-refractivity contribution is 0.0494. The highest BCUT2D eigenvalue weighted by Gasteiger charge is 2.26. The van der Waals surface area contributed by atoms with Gasteiger partial charge in [-0.05, 0) is 25.3 Å². The van der Waals surface area contributed by atoms with Crippen molar-refractivity contribution in [3.63, 3.8) is 0 Å². The normalized spacial score (nSPS) is 25.9. The molecule has 1 saturated heterocycles. The smallest absolute Gasteiger partial charge is 0.0690 e. The highest BCUT2D eigenvalue weighted by Crippen LogP contribution is 2.18. The summed E-state index contributed by atoms with van der Waals surface area (Å²) in [6.45, 7) is 6.83. The Kier molecular flexibility index (Phi) is 4.85. The van der Waals surface area contributed by atoms with Crippen LogP contribution in [0, 0.1) is 5.92 Å². The van der Waals surface area contributed by atoms with Crippen molar-refractivity contribution in [3.8, 4) is 0 Å². The molecular formula is C11H23NO2. The number of ether oxygens (including phenoxy) is 1. The van der Waals surface area contributed by atoms with Gasteiger partial charge in [0.1, 0.15) is 0 Å². The molecule has 0 bridgehead atoms. The molecule has 0 aliphatic carbocycles. The first-order valence-corrected chi connectivity index (χ1v) is 5.56. The number of nitrogens with zero attached hydrogens (tertiary/aromatic N) is 1. The molecule has 0 aromatic rings. The van der Waals surface area contributed by atoms with Crippen LogP contribution in [-0.4, -0.2) is 49.0 Å². The number of rotatable bonds is 5. The molecular weight excluding hydrogens is 178 g/mol. The second kappa shape index (κ2) is 5.69. The molecule has 0 radical (unpaired) electrons. The lowest BCUT2D eigenvalue weighted by Gasteiger charge is -2.27. The van der Waals surface area contributed by atoms with E-state index in [1.165, 1.54) is 12.8 Å². The Morgan fingerprint density at radius 2 is 2.21 bits per heavy atom. The quantitative estimate of drug-likeness (QED) is 0.723. The molecule has 0 aromatic heterocycles. The monoisotopic (exact) mass is 201 g/mol. The minimum absolute atomic E-state index is 0.201. The minimum Gasteiger partial charge on any atom is -0.392 e. The van der Waals surface area contributed by atoms with Crippen LogP contribution in [0.2, 0.25) is 0 Å². The van der Waals surface area contributed by atoms with Crippen LogP contribution in [0.3, 0.4) is 0 Å². The maximum atomic E-state index is 9.79. The second-order valence-electron chi connectivity index (χ2n) is 4.56. The molecule has 0 aromatic carbocycles. The Hall–Kier alpha value is -0.120. The molecule has 1 aliphatic rings. The molecule has 3 heteroatoms. The topological polar surface area (TPSA) is 32.7 Å². The molecule has 84 valence electrons. The van der Waals surface area contributed by atoms with Crippen molar-refractivity contribution in [2.24, 2.45) is 5.92 Å². The molecule has 1 fully saturated rings. The predicted molar refractivity (Wildman–Crippen MR) is 57.3 cm³/mol. The fraction of sp³-hybridized carbons (Fsp3) is 1.00. The molecule has 0 spiro atoms. The van der Waals surface area contributed by atoms with Gasteiger partial charge in [-0.3, -0.25) is 4.90 Å². The Labute approximate surface area is 87.1 Å². The van der Waals surface area contributed by atoms with Crippen molar-refractivity contribution in [3.05, 3.63) is 0 Å². The first-order chi connectivity index (χ1) is 6.65. The van der Waals surface area contributed by atoms with Crippen LogP contribution in [0.25, 0.3) is 0 Å². The summed E-state index contributed by atoms with van der Waals surface area (Å²) in [7, 11) is 1.75. The first kappa shape index (κ1) is 12.0. The van der Waals surface area contributed by atoms with Crippen molar-refractivity contribution in [2.45, 2.75) is 38.8 Å². The summed E-state index contributed by atoms with van der Waals surface area (Å²) in [6, 6.07) is 0.522. The van der Waals surface area contributed by atoms with Crippen molar-refractivity contribution >= 4 is 0 Å². The number of β-amino-alcohol motifs (C(OH)–C–C–N with tert-alkyl or cyclic N) is 1. The summed E-state index contributed by atoms with van der Waals surface area (Å²) in [5.74, 6) is 0.346. The van der Waals surface area contributed by atoms with Gasteiger partial charge in [0.05, 0.1) is 12.7 Å². The number of methoxy groups -OCH3 is 1. The fourth-order valence-corrected chi connectivity index (χ4v) is 1.97. The van der Waals surface area contributed by atoms with Crippen LogP contribution in [0.1, 0.15) is 26.7 Å². The van der Waals surface area contributed by atoms with E-state index in [1.807, 2.05) is 0 Å². The number of hydrogen-bond donors (Lipinski definition) is 1. The lowest BCUT2D eigenvalue weighted by atomic mass is 10.1. The average molecular weight is 201 g/mol. The summed E-state index contributed by atoms with van der Waals surface area (Å²) < 4.78 is 5.17. The van der Waals surface area contributed by atoms with Crippen molar-refractivity contribution in [2.75, 3.05) is 26.8 Å². The zero-order valence-electron chi connectivity index (χ0n) is 9.57. The predicted octanol–water partition coefficient (Wildman–Crippen LogP) is 1.11. The Morgan fingerprint density at radius 3 is 2.79 bits per heavy atom. The third kappa shape index (κ3) is 3.23. The highest BCUT2D eigenvalue weighted by atomic mass is 16.5. The number of likely N-dealkylation sites (tertiary alicyclic amines) is 1. The van der Waals surface area contributed by atoms with E-state index in [9.17, 15) is 5.11 Å². The van der Waals surface area contributed by atoms with Crippen molar-refractivity contribution in [1.29, 1.82) is 0 Å². The van der Waals surface area contributed by atoms with E-state index in [-0.39, 0.29) is 6.10 Å². The van der Waals surface area contributed by atoms with Gasteiger partial charge in [-0.25, -0.2) is 0 Å². The summed E-state index contributed by atoms with van der Waals surface area (Å²) >= 11 is 0. The van der Waals surface area contributed by atoms with E-state index in [0.717, 1.165) is 19.7 Å². The van der Waals surface area contributed by atoms with Gasteiger partial charge in [-0.2, -0.15) is 0 Å². The van der Waals surface area contributed by atoms with E-state index >= 15 is 0 Å². The van der Waals surface area contributed by atoms with Crippen LogP contribution in [0.4, 0.5) is 0 Å². The number of hydrogen-bond acceptors (Lipinski definition) is 3. The van der Waals surface area contributed by atoms with E-state index in [0.29, 0.717) is 12.0 Å². The molecule has 2 atom stereocenters. The van der Waals surface area contributed by atoms with Gasteiger partial charge in [-0.1, -0.05) is 13.8 Å². The van der Waals surface area contributed by atoms with Gasteiger partial charge in [0, 0.05) is 19.7 Å². The highest BCUT2D eigenvalue weighted by molar-refractivity contribution is 4.81. The SMILES string of the molecule is COC[C@@H]1CCCN1C[C@H](O)C(C)C. The molecule has 0 unspecified atom stereocenters. The first-order valence-electron chi connectivity index (χ1n) is 5.56. The molecule has 1 rings (SSSR count). The van der Waals surface area contributed by atoms with Crippen molar-refractivity contribution < 1.29 is 9.84 Å². The van der Waals surface area contributed by atoms with Crippen LogP contribution < -0.4 is 0 Å². The Balaban J connectivity index is 2.35. The van der Waals surface area contributed by atoms with E-state index in [1.54, 1.807) is 7.11 Å². The Bertz CT molecular complexity index is 161. The maximum absolute atomic E-state index is 9.79. The molecule has 3 nitrogen and oxygen atoms in total. The van der Waals surface area contributed by atoms with Crippen LogP contribution in [0.15, 0.2) is 0 Å². The third-order valence-corrected chi connectivity index (χ3v) is 3.05. The molecule has 1 N–H and O–H groups in total. The third-order valence-electron chi connectivity index (χ3n) is 3.05. The van der Waals surface area contributed by atoms with Gasteiger partial charge in [-0.15, -0.1) is 0 Å². The van der Waals surface area contributed by atoms with Crippen LogP contribution in [0.5, 0.6) is 0 Å². The maximum Gasteiger partial charge on any atom is 0.0690 e. The van der Waals surface area contributed by atoms with Gasteiger partial charge in [0.15, 0.2) is 0 Å². The summed E-state index contributed by atoms with van der Waals surface area (Å²) in [5.41, 5.74) is 0. The van der Waals surface area contributed by atoms with Crippen LogP contribution >= 0.6 is 0 Å². The van der Waals surface area contributed by atoms with Gasteiger partial charge in [0.2, 0.25) is 0 Å². The molecule has 0 saturated carbocycles. The van der Waals surface area contributed by atoms with E-state index < -0.39 is 0 Å². The molecule has 1 aliphatic heterocycles. The number of aliphatic hydroxyl groups excluding tert-OH is 1. The fourth-order valence-electron chi connectivity index (χ4n) is 1.97. The molecule has 1 heterocycles. The van der Waals surface area contributed by atoms with Crippen LogP contribution in [-0.2, 0) is 4.74 Å². The van der Waals surface area contributed by atoms with Gasteiger partial charge >= 0.3 is 0 Å². The standard InChI is InChI=1S/C11H23NO2/c1-9(2)11(13)7-12-6-4-5-10(12)8-14-3/h9-11,13H,4-8H2,1-3H3/t10-,11-/m0/s1. The number of aliphatic hydroxyl groups is 1. The summed E-state index contributed by atoms with van der Waals surface area (Å²) in [6.07, 6.45) is 2.24. The lowest BCUT2D eigenvalue weighted by Crippen LogP contribution is -2.40. The minimum atomic E-state index is -0.201. The molecule has 14 heavy (non-hydrogen) atoms. The van der Waals surface area contributed by atoms with E-state index in [2.05, 4.69) is 18.7 Å². The molecule has 0 amide bonds. The second-order valence-corrected chi connectivity index (χ2v) is 4.56.